The standard InChI is InChI=1S/C21H19N3O3S/c1-15-13-18(27-2)11-12-21(15)28(25,26)23-16-7-9-17(10-8-16)24-14-22-19-5-3-4-6-20(19)24/h3-14,23H,1-2H3. The highest BCUT2D eigenvalue weighted by Gasteiger charge is 2.17. The van der Waals surface area contributed by atoms with Gasteiger partial charge in [0.15, 0.2) is 0 Å². The number of para-hydroxylation sites is 2. The maximum absolute atomic E-state index is 12.7. The van der Waals surface area contributed by atoms with Crippen molar-refractivity contribution in [3.05, 3.63) is 78.6 Å². The lowest BCUT2D eigenvalue weighted by atomic mass is 10.2. The summed E-state index contributed by atoms with van der Waals surface area (Å²) in [6.45, 7) is 1.74. The van der Waals surface area contributed by atoms with E-state index in [-0.39, 0.29) is 4.90 Å². The van der Waals surface area contributed by atoms with E-state index in [0.717, 1.165) is 16.7 Å². The smallest absolute Gasteiger partial charge is 0.262 e. The van der Waals surface area contributed by atoms with Crippen LogP contribution in [0.25, 0.3) is 16.7 Å². The summed E-state index contributed by atoms with van der Waals surface area (Å²) >= 11 is 0. The summed E-state index contributed by atoms with van der Waals surface area (Å²) in [4.78, 5) is 4.60. The molecule has 6 nitrogen and oxygen atoms in total. The SMILES string of the molecule is COc1ccc(S(=O)(=O)Nc2ccc(-n3cnc4ccccc43)cc2)c(C)c1. The number of anilines is 1. The van der Waals surface area contributed by atoms with E-state index in [9.17, 15) is 8.42 Å². The second-order valence-electron chi connectivity index (χ2n) is 6.39. The van der Waals surface area contributed by atoms with Gasteiger partial charge in [0.25, 0.3) is 10.0 Å². The fraction of sp³-hybridized carbons (Fsp3) is 0.0952. The number of benzene rings is 3. The van der Waals surface area contributed by atoms with Gasteiger partial charge < -0.3 is 4.74 Å². The van der Waals surface area contributed by atoms with Crippen LogP contribution in [0, 0.1) is 6.92 Å². The summed E-state index contributed by atoms with van der Waals surface area (Å²) in [7, 11) is -2.15. The van der Waals surface area contributed by atoms with Gasteiger partial charge in [-0.3, -0.25) is 9.29 Å². The second-order valence-corrected chi connectivity index (χ2v) is 8.04. The largest absolute Gasteiger partial charge is 0.497 e. The molecule has 0 fully saturated rings. The van der Waals surface area contributed by atoms with Gasteiger partial charge in [-0.2, -0.15) is 0 Å². The molecule has 0 unspecified atom stereocenters. The van der Waals surface area contributed by atoms with Crippen molar-refractivity contribution < 1.29 is 13.2 Å². The van der Waals surface area contributed by atoms with Crippen LogP contribution in [0.15, 0.2) is 78.0 Å². The Morgan fingerprint density at radius 2 is 1.75 bits per heavy atom. The Morgan fingerprint density at radius 3 is 2.46 bits per heavy atom. The lowest BCUT2D eigenvalue weighted by Crippen LogP contribution is -2.14. The predicted molar refractivity (Wildman–Crippen MR) is 110 cm³/mol. The van der Waals surface area contributed by atoms with Gasteiger partial charge in [-0.15, -0.1) is 0 Å². The molecule has 0 amide bonds. The molecule has 1 N–H and O–H groups in total. The minimum Gasteiger partial charge on any atom is -0.497 e. The average molecular weight is 393 g/mol. The Bertz CT molecular complexity index is 1250. The van der Waals surface area contributed by atoms with Crippen LogP contribution >= 0.6 is 0 Å². The summed E-state index contributed by atoms with van der Waals surface area (Å²) < 4.78 is 35.2. The van der Waals surface area contributed by atoms with E-state index < -0.39 is 10.0 Å². The third-order valence-corrected chi connectivity index (χ3v) is 6.06. The summed E-state index contributed by atoms with van der Waals surface area (Å²) in [6, 6.07) is 19.9. The molecule has 0 aliphatic heterocycles. The first-order valence-corrected chi connectivity index (χ1v) is 10.2. The molecule has 0 spiro atoms. The molecule has 4 aromatic rings. The van der Waals surface area contributed by atoms with Crippen molar-refractivity contribution in [2.24, 2.45) is 0 Å². The normalized spacial score (nSPS) is 11.5. The number of hydrogen-bond acceptors (Lipinski definition) is 4. The van der Waals surface area contributed by atoms with Crippen molar-refractivity contribution >= 4 is 26.7 Å². The van der Waals surface area contributed by atoms with Gasteiger partial charge in [-0.25, -0.2) is 13.4 Å². The van der Waals surface area contributed by atoms with Gasteiger partial charge in [0.05, 0.1) is 23.0 Å². The number of sulfonamides is 1. The molecule has 0 bridgehead atoms. The minimum absolute atomic E-state index is 0.220. The van der Waals surface area contributed by atoms with Crippen LogP contribution in [0.2, 0.25) is 0 Å². The molecule has 0 saturated carbocycles. The molecule has 4 rings (SSSR count). The quantitative estimate of drug-likeness (QED) is 0.553. The van der Waals surface area contributed by atoms with E-state index in [4.69, 9.17) is 4.74 Å². The average Bonchev–Trinajstić information content (AvgIpc) is 3.12. The maximum atomic E-state index is 12.7. The summed E-state index contributed by atoms with van der Waals surface area (Å²) in [6.07, 6.45) is 1.75. The molecule has 7 heteroatoms. The van der Waals surface area contributed by atoms with E-state index in [1.165, 1.54) is 0 Å². The number of hydrogen-bond donors (Lipinski definition) is 1. The van der Waals surface area contributed by atoms with Gasteiger partial charge in [0.1, 0.15) is 12.1 Å². The van der Waals surface area contributed by atoms with Gasteiger partial charge in [-0.1, -0.05) is 12.1 Å². The Labute approximate surface area is 163 Å². The summed E-state index contributed by atoms with van der Waals surface area (Å²) in [5, 5.41) is 0. The number of aromatic nitrogens is 2. The third kappa shape index (κ3) is 3.32. The molecular weight excluding hydrogens is 374 g/mol. The fourth-order valence-corrected chi connectivity index (χ4v) is 4.40. The molecule has 0 aliphatic carbocycles. The first kappa shape index (κ1) is 18.1. The second kappa shape index (κ2) is 7.01. The minimum atomic E-state index is -3.70. The summed E-state index contributed by atoms with van der Waals surface area (Å²) in [5.41, 5.74) is 3.90. The number of rotatable bonds is 5. The van der Waals surface area contributed by atoms with E-state index in [2.05, 4.69) is 9.71 Å². The van der Waals surface area contributed by atoms with Gasteiger partial charge >= 0.3 is 0 Å². The van der Waals surface area contributed by atoms with Crippen molar-refractivity contribution in [3.63, 3.8) is 0 Å². The first-order chi connectivity index (χ1) is 13.5. The topological polar surface area (TPSA) is 73.2 Å². The van der Waals surface area contributed by atoms with Crippen molar-refractivity contribution in [1.82, 2.24) is 9.55 Å². The van der Waals surface area contributed by atoms with Crippen LogP contribution < -0.4 is 9.46 Å². The third-order valence-electron chi connectivity index (χ3n) is 4.52. The first-order valence-electron chi connectivity index (χ1n) is 8.68. The van der Waals surface area contributed by atoms with Crippen LogP contribution in [0.4, 0.5) is 5.69 Å². The van der Waals surface area contributed by atoms with Gasteiger partial charge in [0, 0.05) is 11.4 Å². The molecule has 0 atom stereocenters. The van der Waals surface area contributed by atoms with Gasteiger partial charge in [0.2, 0.25) is 0 Å². The number of aryl methyl sites for hydroxylation is 1. The number of methoxy groups -OCH3 is 1. The molecule has 0 radical (unpaired) electrons. The number of ether oxygens (including phenoxy) is 1. The number of nitrogens with one attached hydrogen (secondary N) is 1. The van der Waals surface area contributed by atoms with Crippen molar-refractivity contribution in [3.8, 4) is 11.4 Å². The molecule has 1 aromatic heterocycles. The Kier molecular flexibility index (Phi) is 4.52. The molecule has 0 saturated heterocycles. The molecule has 3 aromatic carbocycles. The van der Waals surface area contributed by atoms with Crippen molar-refractivity contribution in [2.75, 3.05) is 11.8 Å². The van der Waals surface area contributed by atoms with E-state index in [1.54, 1.807) is 50.7 Å². The summed E-state index contributed by atoms with van der Waals surface area (Å²) in [5.74, 6) is 0.619. The van der Waals surface area contributed by atoms with Crippen LogP contribution in [-0.2, 0) is 10.0 Å². The zero-order chi connectivity index (χ0) is 19.7. The molecular formula is C21H19N3O3S. The van der Waals surface area contributed by atoms with Crippen LogP contribution in [0.3, 0.4) is 0 Å². The molecule has 0 aliphatic rings. The zero-order valence-electron chi connectivity index (χ0n) is 15.5. The predicted octanol–water partition coefficient (Wildman–Crippen LogP) is 4.14. The van der Waals surface area contributed by atoms with Gasteiger partial charge in [-0.05, 0) is 67.1 Å². The van der Waals surface area contributed by atoms with E-state index >= 15 is 0 Å². The monoisotopic (exact) mass is 393 g/mol. The number of imidazole rings is 1. The number of fused-ring (bicyclic) bond motifs is 1. The van der Waals surface area contributed by atoms with Crippen LogP contribution in [-0.4, -0.2) is 25.1 Å². The van der Waals surface area contributed by atoms with E-state index in [0.29, 0.717) is 17.0 Å². The van der Waals surface area contributed by atoms with Crippen LogP contribution in [0.5, 0.6) is 5.75 Å². The highest BCUT2D eigenvalue weighted by molar-refractivity contribution is 7.92. The maximum Gasteiger partial charge on any atom is 0.262 e. The Hall–Kier alpha value is -3.32. The lowest BCUT2D eigenvalue weighted by Gasteiger charge is -2.12. The molecule has 142 valence electrons. The molecule has 1 heterocycles. The molecule has 28 heavy (non-hydrogen) atoms. The highest BCUT2D eigenvalue weighted by atomic mass is 32.2. The zero-order valence-corrected chi connectivity index (χ0v) is 16.3. The van der Waals surface area contributed by atoms with E-state index in [1.807, 2.05) is 41.0 Å². The Morgan fingerprint density at radius 1 is 1.00 bits per heavy atom. The highest BCUT2D eigenvalue weighted by Crippen LogP contribution is 2.24. The lowest BCUT2D eigenvalue weighted by molar-refractivity contribution is 0.414. The fourth-order valence-electron chi connectivity index (χ4n) is 3.12. The van der Waals surface area contributed by atoms with Crippen LogP contribution in [0.1, 0.15) is 5.56 Å². The van der Waals surface area contributed by atoms with Crippen molar-refractivity contribution in [2.45, 2.75) is 11.8 Å². The number of nitrogens with zero attached hydrogens (tertiary/aromatic N) is 2. The van der Waals surface area contributed by atoms with Crippen molar-refractivity contribution in [1.29, 1.82) is 0 Å². The Balaban J connectivity index is 1.61.